The Labute approximate surface area is 140 Å². The molecule has 0 spiro atoms. The van der Waals surface area contributed by atoms with Crippen LogP contribution in [-0.4, -0.2) is 56.5 Å². The zero-order valence-electron chi connectivity index (χ0n) is 14.4. The largest absolute Gasteiger partial charge is 0.345 e. The van der Waals surface area contributed by atoms with Gasteiger partial charge in [0.25, 0.3) is 0 Å². The first-order valence-electron chi connectivity index (χ1n) is 8.07. The minimum absolute atomic E-state index is 0.0756. The van der Waals surface area contributed by atoms with Crippen LogP contribution >= 0.6 is 0 Å². The number of nitrogens with zero attached hydrogens (tertiary/aromatic N) is 2. The number of carbonyl (C=O) groups excluding carboxylic acids is 1. The third-order valence-corrected chi connectivity index (χ3v) is 5.02. The van der Waals surface area contributed by atoms with Gasteiger partial charge in [-0.15, -0.1) is 0 Å². The second-order valence-corrected chi connectivity index (χ2v) is 7.84. The summed E-state index contributed by atoms with van der Waals surface area (Å²) in [7, 11) is -1.66. The summed E-state index contributed by atoms with van der Waals surface area (Å²) in [5.41, 5.74) is 1.17. The van der Waals surface area contributed by atoms with E-state index in [1.165, 1.54) is 9.87 Å². The van der Waals surface area contributed by atoms with Crippen LogP contribution in [0.25, 0.3) is 0 Å². The molecule has 1 aromatic carbocycles. The topological polar surface area (TPSA) is 57.7 Å². The maximum absolute atomic E-state index is 12.2. The molecule has 5 nitrogen and oxygen atoms in total. The predicted octanol–water partition coefficient (Wildman–Crippen LogP) is 2.14. The fourth-order valence-corrected chi connectivity index (χ4v) is 3.06. The highest BCUT2D eigenvalue weighted by atomic mass is 32.2. The fraction of sp³-hybridized carbons (Fsp3) is 0.588. The maximum atomic E-state index is 12.2. The van der Waals surface area contributed by atoms with Gasteiger partial charge in [-0.25, -0.2) is 8.42 Å². The third kappa shape index (κ3) is 7.61. The molecule has 0 bridgehead atoms. The molecule has 6 heteroatoms. The quantitative estimate of drug-likeness (QED) is 0.656. The second kappa shape index (κ2) is 9.67. The second-order valence-electron chi connectivity index (χ2n) is 5.85. The van der Waals surface area contributed by atoms with Gasteiger partial charge in [0.15, 0.2) is 0 Å². The van der Waals surface area contributed by atoms with E-state index in [1.807, 2.05) is 30.3 Å². The van der Waals surface area contributed by atoms with Crippen molar-refractivity contribution in [3.63, 3.8) is 0 Å². The SMILES string of the molecule is CCCCN(C)C(=O)CN(CCCc1ccccc1)S(C)(=O)=O. The van der Waals surface area contributed by atoms with Gasteiger partial charge in [0.2, 0.25) is 15.9 Å². The molecule has 0 saturated heterocycles. The van der Waals surface area contributed by atoms with Gasteiger partial charge in [-0.05, 0) is 24.8 Å². The zero-order chi connectivity index (χ0) is 17.3. The molecular formula is C17H28N2O3S. The molecule has 0 unspecified atom stereocenters. The Morgan fingerprint density at radius 3 is 2.30 bits per heavy atom. The van der Waals surface area contributed by atoms with Crippen LogP contribution in [-0.2, 0) is 21.2 Å². The van der Waals surface area contributed by atoms with Gasteiger partial charge in [0.1, 0.15) is 0 Å². The normalized spacial score (nSPS) is 11.7. The van der Waals surface area contributed by atoms with Gasteiger partial charge >= 0.3 is 0 Å². The molecule has 0 radical (unpaired) electrons. The van der Waals surface area contributed by atoms with E-state index in [4.69, 9.17) is 0 Å². The molecule has 0 heterocycles. The van der Waals surface area contributed by atoms with Gasteiger partial charge in [-0.2, -0.15) is 4.31 Å². The van der Waals surface area contributed by atoms with E-state index in [2.05, 4.69) is 6.92 Å². The summed E-state index contributed by atoms with van der Waals surface area (Å²) in [5.74, 6) is -0.149. The number of benzene rings is 1. The first-order valence-corrected chi connectivity index (χ1v) is 9.92. The van der Waals surface area contributed by atoms with E-state index in [9.17, 15) is 13.2 Å². The van der Waals surface area contributed by atoms with Crippen molar-refractivity contribution in [1.29, 1.82) is 0 Å². The lowest BCUT2D eigenvalue weighted by Crippen LogP contribution is -2.41. The van der Waals surface area contributed by atoms with Gasteiger partial charge in [0.05, 0.1) is 12.8 Å². The molecule has 0 aliphatic heterocycles. The molecule has 0 aliphatic rings. The maximum Gasteiger partial charge on any atom is 0.237 e. The highest BCUT2D eigenvalue weighted by Gasteiger charge is 2.21. The summed E-state index contributed by atoms with van der Waals surface area (Å²) in [6, 6.07) is 9.94. The van der Waals surface area contributed by atoms with Crippen molar-refractivity contribution in [2.24, 2.45) is 0 Å². The number of hydrogen-bond donors (Lipinski definition) is 0. The summed E-state index contributed by atoms with van der Waals surface area (Å²) >= 11 is 0. The van der Waals surface area contributed by atoms with Gasteiger partial charge in [-0.3, -0.25) is 4.79 Å². The number of sulfonamides is 1. The Balaban J connectivity index is 2.55. The summed E-state index contributed by atoms with van der Waals surface area (Å²) in [6.45, 7) is 3.01. The molecule has 0 N–H and O–H groups in total. The lowest BCUT2D eigenvalue weighted by molar-refractivity contribution is -0.130. The number of unbranched alkanes of at least 4 members (excludes halogenated alkanes) is 1. The van der Waals surface area contributed by atoms with E-state index >= 15 is 0 Å². The van der Waals surface area contributed by atoms with Crippen LogP contribution in [0.5, 0.6) is 0 Å². The fourth-order valence-electron chi connectivity index (χ4n) is 2.26. The Morgan fingerprint density at radius 2 is 1.74 bits per heavy atom. The van der Waals surface area contributed by atoms with E-state index in [0.717, 1.165) is 25.5 Å². The van der Waals surface area contributed by atoms with Crippen molar-refractivity contribution < 1.29 is 13.2 Å². The molecule has 0 saturated carbocycles. The first kappa shape index (κ1) is 19.6. The van der Waals surface area contributed by atoms with Crippen molar-refractivity contribution in [2.75, 3.05) is 32.9 Å². The molecule has 0 aliphatic carbocycles. The molecule has 0 fully saturated rings. The van der Waals surface area contributed by atoms with Gasteiger partial charge in [-0.1, -0.05) is 43.7 Å². The lowest BCUT2D eigenvalue weighted by Gasteiger charge is -2.23. The average Bonchev–Trinajstić information content (AvgIpc) is 2.51. The summed E-state index contributed by atoms with van der Waals surface area (Å²) in [4.78, 5) is 13.8. The highest BCUT2D eigenvalue weighted by Crippen LogP contribution is 2.07. The number of rotatable bonds is 10. The highest BCUT2D eigenvalue weighted by molar-refractivity contribution is 7.88. The van der Waals surface area contributed by atoms with E-state index in [1.54, 1.807) is 11.9 Å². The van der Waals surface area contributed by atoms with E-state index < -0.39 is 10.0 Å². The molecule has 1 amide bonds. The van der Waals surface area contributed by atoms with Crippen LogP contribution in [0.15, 0.2) is 30.3 Å². The Hall–Kier alpha value is -1.40. The molecule has 1 rings (SSSR count). The zero-order valence-corrected chi connectivity index (χ0v) is 15.2. The number of amides is 1. The Morgan fingerprint density at radius 1 is 1.09 bits per heavy atom. The number of hydrogen-bond acceptors (Lipinski definition) is 3. The first-order chi connectivity index (χ1) is 10.8. The molecule has 130 valence electrons. The van der Waals surface area contributed by atoms with Crippen molar-refractivity contribution in [3.05, 3.63) is 35.9 Å². The summed E-state index contributed by atoms with van der Waals surface area (Å²) in [6.07, 6.45) is 4.59. The van der Waals surface area contributed by atoms with E-state index in [-0.39, 0.29) is 12.5 Å². The monoisotopic (exact) mass is 340 g/mol. The lowest BCUT2D eigenvalue weighted by atomic mass is 10.1. The predicted molar refractivity (Wildman–Crippen MR) is 93.7 cm³/mol. The van der Waals surface area contributed by atoms with Crippen LogP contribution in [0.4, 0.5) is 0 Å². The van der Waals surface area contributed by atoms with Gasteiger partial charge < -0.3 is 4.90 Å². The van der Waals surface area contributed by atoms with Crippen LogP contribution in [0, 0.1) is 0 Å². The van der Waals surface area contributed by atoms with E-state index in [0.29, 0.717) is 19.5 Å². The van der Waals surface area contributed by atoms with Crippen molar-refractivity contribution in [1.82, 2.24) is 9.21 Å². The van der Waals surface area contributed by atoms with Gasteiger partial charge in [0, 0.05) is 20.1 Å². The minimum Gasteiger partial charge on any atom is -0.345 e. The van der Waals surface area contributed by atoms with Crippen LogP contribution in [0.3, 0.4) is 0 Å². The smallest absolute Gasteiger partial charge is 0.237 e. The number of aryl methyl sites for hydroxylation is 1. The standard InChI is InChI=1S/C17H28N2O3S/c1-4-5-13-18(2)17(20)15-19(23(3,21)22)14-9-12-16-10-7-6-8-11-16/h6-8,10-11H,4-5,9,12-15H2,1-3H3. The summed E-state index contributed by atoms with van der Waals surface area (Å²) in [5, 5.41) is 0. The van der Waals surface area contributed by atoms with Crippen LogP contribution in [0.1, 0.15) is 31.7 Å². The Kier molecular flexibility index (Phi) is 8.26. The molecule has 1 aromatic rings. The third-order valence-electron chi connectivity index (χ3n) is 3.77. The van der Waals surface area contributed by atoms with Crippen molar-refractivity contribution in [2.45, 2.75) is 32.6 Å². The van der Waals surface area contributed by atoms with Crippen LogP contribution in [0.2, 0.25) is 0 Å². The molecule has 0 atom stereocenters. The number of carbonyl (C=O) groups is 1. The minimum atomic E-state index is -3.38. The van der Waals surface area contributed by atoms with Crippen LogP contribution < -0.4 is 0 Å². The molecular weight excluding hydrogens is 312 g/mol. The van der Waals surface area contributed by atoms with Crippen molar-refractivity contribution >= 4 is 15.9 Å². The average molecular weight is 340 g/mol. The van der Waals surface area contributed by atoms with Crippen molar-refractivity contribution in [3.8, 4) is 0 Å². The summed E-state index contributed by atoms with van der Waals surface area (Å²) < 4.78 is 25.1. The molecule has 0 aromatic heterocycles. The Bertz CT molecular complexity index is 573. The number of likely N-dealkylation sites (N-methyl/N-ethyl adjacent to an activating group) is 1. The molecule has 23 heavy (non-hydrogen) atoms.